The van der Waals surface area contributed by atoms with Crippen LogP contribution < -0.4 is 11.0 Å². The molecule has 172 valence electrons. The van der Waals surface area contributed by atoms with Crippen LogP contribution in [0.3, 0.4) is 0 Å². The summed E-state index contributed by atoms with van der Waals surface area (Å²) in [5, 5.41) is 6.38. The van der Waals surface area contributed by atoms with E-state index in [4.69, 9.17) is 34.8 Å². The van der Waals surface area contributed by atoms with Crippen molar-refractivity contribution in [1.82, 2.24) is 15.0 Å². The molecule has 10 heteroatoms. The molecular weight excluding hydrogens is 515 g/mol. The number of hydrazone groups is 1. The lowest BCUT2D eigenvalue weighted by Crippen LogP contribution is -2.24. The minimum absolute atomic E-state index is 0.00345. The van der Waals surface area contributed by atoms with Crippen molar-refractivity contribution in [3.05, 3.63) is 97.7 Å². The zero-order valence-corrected chi connectivity index (χ0v) is 20.8. The van der Waals surface area contributed by atoms with E-state index in [-0.39, 0.29) is 17.2 Å². The van der Waals surface area contributed by atoms with E-state index in [1.54, 1.807) is 67.6 Å². The van der Waals surface area contributed by atoms with Gasteiger partial charge in [-0.3, -0.25) is 14.2 Å². The summed E-state index contributed by atoms with van der Waals surface area (Å²) >= 11 is 19.1. The number of carbonyl (C=O) groups is 1. The Balaban J connectivity index is 1.57. The number of carbonyl (C=O) groups excluding carboxylic acids is 1. The Labute approximate surface area is 214 Å². The maximum Gasteiger partial charge on any atom is 0.266 e. The third kappa shape index (κ3) is 5.45. The van der Waals surface area contributed by atoms with Gasteiger partial charge in [0.2, 0.25) is 0 Å². The Morgan fingerprint density at radius 1 is 1.03 bits per heavy atom. The Morgan fingerprint density at radius 3 is 2.50 bits per heavy atom. The predicted molar refractivity (Wildman–Crippen MR) is 140 cm³/mol. The Morgan fingerprint density at radius 2 is 1.76 bits per heavy atom. The number of hydrogen-bond acceptors (Lipinski definition) is 5. The molecule has 0 aliphatic rings. The van der Waals surface area contributed by atoms with Crippen molar-refractivity contribution in [1.29, 1.82) is 0 Å². The highest BCUT2D eigenvalue weighted by molar-refractivity contribution is 7.99. The normalized spacial score (nSPS) is 11.6. The van der Waals surface area contributed by atoms with Crippen LogP contribution in [0, 0.1) is 0 Å². The van der Waals surface area contributed by atoms with E-state index >= 15 is 0 Å². The standard InChI is InChI=1S/C24H17Cl3N4O2S/c1-14(15-6-11-19(26)20(27)12-15)29-30-22(32)13-34-24-28-21-5-3-2-4-18(21)23(33)31(24)17-9-7-16(25)8-10-17/h2-12H,13H2,1H3,(H,30,32). The van der Waals surface area contributed by atoms with Crippen LogP contribution in [0.1, 0.15) is 12.5 Å². The van der Waals surface area contributed by atoms with Gasteiger partial charge in [-0.05, 0) is 61.0 Å². The summed E-state index contributed by atoms with van der Waals surface area (Å²) in [6.07, 6.45) is 0. The second-order valence-electron chi connectivity index (χ2n) is 7.18. The van der Waals surface area contributed by atoms with Crippen LogP contribution in [0.5, 0.6) is 0 Å². The fourth-order valence-corrected chi connectivity index (χ4v) is 4.35. The lowest BCUT2D eigenvalue weighted by atomic mass is 10.1. The highest BCUT2D eigenvalue weighted by Crippen LogP contribution is 2.24. The third-order valence-corrected chi connectivity index (χ3v) is 6.78. The van der Waals surface area contributed by atoms with Crippen LogP contribution in [-0.4, -0.2) is 26.9 Å². The molecule has 0 aliphatic heterocycles. The minimum atomic E-state index is -0.352. The molecule has 4 rings (SSSR count). The van der Waals surface area contributed by atoms with Crippen LogP contribution in [0.2, 0.25) is 15.1 Å². The van der Waals surface area contributed by atoms with Gasteiger partial charge in [0.25, 0.3) is 11.5 Å². The van der Waals surface area contributed by atoms with Gasteiger partial charge in [-0.2, -0.15) is 5.10 Å². The Kier molecular flexibility index (Phi) is 7.58. The molecule has 0 bridgehead atoms. The molecule has 0 fully saturated rings. The Hall–Kier alpha value is -2.84. The summed E-state index contributed by atoms with van der Waals surface area (Å²) in [4.78, 5) is 30.3. The van der Waals surface area contributed by atoms with Crippen molar-refractivity contribution in [2.45, 2.75) is 12.1 Å². The van der Waals surface area contributed by atoms with Gasteiger partial charge >= 0.3 is 0 Å². The van der Waals surface area contributed by atoms with Gasteiger partial charge in [0.1, 0.15) is 0 Å². The molecular formula is C24H17Cl3N4O2S. The van der Waals surface area contributed by atoms with Gasteiger partial charge in [-0.25, -0.2) is 10.4 Å². The third-order valence-electron chi connectivity index (χ3n) is 4.85. The SMILES string of the molecule is CC(=NNC(=O)CSc1nc2ccccc2c(=O)n1-c1ccc(Cl)cc1)c1ccc(Cl)c(Cl)c1. The molecule has 1 aromatic heterocycles. The first-order chi connectivity index (χ1) is 16.3. The summed E-state index contributed by atoms with van der Waals surface area (Å²) in [7, 11) is 0. The molecule has 3 aromatic carbocycles. The van der Waals surface area contributed by atoms with Crippen molar-refractivity contribution in [3.63, 3.8) is 0 Å². The molecule has 1 N–H and O–H groups in total. The second kappa shape index (κ2) is 10.6. The average molecular weight is 532 g/mol. The number of para-hydroxylation sites is 1. The zero-order chi connectivity index (χ0) is 24.2. The first-order valence-electron chi connectivity index (χ1n) is 10.0. The topological polar surface area (TPSA) is 76.3 Å². The summed E-state index contributed by atoms with van der Waals surface area (Å²) in [5.41, 5.74) is 4.74. The summed E-state index contributed by atoms with van der Waals surface area (Å²) in [5.74, 6) is -0.356. The van der Waals surface area contributed by atoms with Crippen molar-refractivity contribution in [2.75, 3.05) is 5.75 Å². The number of amides is 1. The highest BCUT2D eigenvalue weighted by Gasteiger charge is 2.15. The maximum atomic E-state index is 13.2. The number of nitrogens with one attached hydrogen (secondary N) is 1. The van der Waals surface area contributed by atoms with E-state index in [1.807, 2.05) is 6.07 Å². The molecule has 0 saturated heterocycles. The summed E-state index contributed by atoms with van der Waals surface area (Å²) < 4.78 is 1.47. The monoisotopic (exact) mass is 530 g/mol. The molecule has 0 radical (unpaired) electrons. The van der Waals surface area contributed by atoms with Crippen molar-refractivity contribution in [2.24, 2.45) is 5.10 Å². The summed E-state index contributed by atoms with van der Waals surface area (Å²) in [6, 6.07) is 19.0. The lowest BCUT2D eigenvalue weighted by molar-refractivity contribution is -0.118. The van der Waals surface area contributed by atoms with Gasteiger partial charge < -0.3 is 0 Å². The van der Waals surface area contributed by atoms with Gasteiger partial charge in [-0.1, -0.05) is 64.8 Å². The smallest absolute Gasteiger partial charge is 0.266 e. The van der Waals surface area contributed by atoms with Crippen LogP contribution >= 0.6 is 46.6 Å². The largest absolute Gasteiger partial charge is 0.272 e. The number of halogens is 3. The van der Waals surface area contributed by atoms with Crippen molar-refractivity contribution in [3.8, 4) is 5.69 Å². The number of nitrogens with zero attached hydrogens (tertiary/aromatic N) is 3. The van der Waals surface area contributed by atoms with Crippen LogP contribution in [0.4, 0.5) is 0 Å². The number of thioether (sulfide) groups is 1. The fourth-order valence-electron chi connectivity index (χ4n) is 3.12. The average Bonchev–Trinajstić information content (AvgIpc) is 2.84. The maximum absolute atomic E-state index is 13.2. The molecule has 6 nitrogen and oxygen atoms in total. The predicted octanol–water partition coefficient (Wildman–Crippen LogP) is 5.98. The minimum Gasteiger partial charge on any atom is -0.272 e. The number of aromatic nitrogens is 2. The number of hydrogen-bond donors (Lipinski definition) is 1. The van der Waals surface area contributed by atoms with Gasteiger partial charge in [0.15, 0.2) is 5.16 Å². The number of benzene rings is 3. The molecule has 0 atom stereocenters. The number of fused-ring (bicyclic) bond motifs is 1. The fraction of sp³-hybridized carbons (Fsp3) is 0.0833. The van der Waals surface area contributed by atoms with E-state index in [1.165, 1.54) is 4.57 Å². The molecule has 1 amide bonds. The molecule has 4 aromatic rings. The second-order valence-corrected chi connectivity index (χ2v) is 9.37. The van der Waals surface area contributed by atoms with Crippen molar-refractivity contribution < 1.29 is 4.79 Å². The first kappa shape index (κ1) is 24.3. The van der Waals surface area contributed by atoms with Crippen LogP contribution in [0.15, 0.2) is 81.8 Å². The quantitative estimate of drug-likeness (QED) is 0.144. The molecule has 0 spiro atoms. The van der Waals surface area contributed by atoms with E-state index in [2.05, 4.69) is 15.5 Å². The first-order valence-corrected chi connectivity index (χ1v) is 12.1. The van der Waals surface area contributed by atoms with Gasteiger partial charge in [0, 0.05) is 5.02 Å². The highest BCUT2D eigenvalue weighted by atomic mass is 35.5. The van der Waals surface area contributed by atoms with Gasteiger partial charge in [0.05, 0.1) is 38.1 Å². The molecule has 34 heavy (non-hydrogen) atoms. The van der Waals surface area contributed by atoms with E-state index in [0.717, 1.165) is 17.3 Å². The van der Waals surface area contributed by atoms with Crippen LogP contribution in [0.25, 0.3) is 16.6 Å². The van der Waals surface area contributed by atoms with Gasteiger partial charge in [-0.15, -0.1) is 0 Å². The molecule has 0 aliphatic carbocycles. The van der Waals surface area contributed by atoms with E-state index < -0.39 is 0 Å². The van der Waals surface area contributed by atoms with Crippen LogP contribution in [-0.2, 0) is 4.79 Å². The zero-order valence-electron chi connectivity index (χ0n) is 17.8. The van der Waals surface area contributed by atoms with Crippen molar-refractivity contribution >= 4 is 69.1 Å². The molecule has 0 saturated carbocycles. The lowest BCUT2D eigenvalue weighted by Gasteiger charge is -2.13. The van der Waals surface area contributed by atoms with E-state index in [9.17, 15) is 9.59 Å². The van der Waals surface area contributed by atoms with E-state index in [0.29, 0.717) is 42.5 Å². The number of rotatable bonds is 6. The molecule has 0 unspecified atom stereocenters. The molecule has 1 heterocycles. The Bertz CT molecular complexity index is 1470. The summed E-state index contributed by atoms with van der Waals surface area (Å²) in [6.45, 7) is 1.75.